The van der Waals surface area contributed by atoms with Crippen LogP contribution in [0.25, 0.3) is 0 Å². The van der Waals surface area contributed by atoms with Crippen LogP contribution in [0.3, 0.4) is 0 Å². The maximum absolute atomic E-state index is 12.5. The summed E-state index contributed by atoms with van der Waals surface area (Å²) in [5.41, 5.74) is -0.756. The van der Waals surface area contributed by atoms with Gasteiger partial charge in [-0.3, -0.25) is 0 Å². The highest BCUT2D eigenvalue weighted by molar-refractivity contribution is 5.89. The number of urea groups is 1. The predicted molar refractivity (Wildman–Crippen MR) is 69.4 cm³/mol. The van der Waals surface area contributed by atoms with Gasteiger partial charge in [0.1, 0.15) is 0 Å². The number of carbonyl (C=O) groups excluding carboxylic acids is 1. The van der Waals surface area contributed by atoms with E-state index in [9.17, 15) is 18.0 Å². The second-order valence-electron chi connectivity index (χ2n) is 4.29. The van der Waals surface area contributed by atoms with E-state index in [0.717, 1.165) is 12.1 Å². The van der Waals surface area contributed by atoms with E-state index in [1.807, 2.05) is 6.92 Å². The highest BCUT2D eigenvalue weighted by atomic mass is 19.4. The molecule has 1 atom stereocenters. The van der Waals surface area contributed by atoms with E-state index >= 15 is 0 Å². The van der Waals surface area contributed by atoms with E-state index in [1.54, 1.807) is 0 Å². The largest absolute Gasteiger partial charge is 0.416 e. The Bertz CT molecular complexity index is 449. The molecule has 0 saturated carbocycles. The van der Waals surface area contributed by atoms with Gasteiger partial charge in [0.15, 0.2) is 0 Å². The van der Waals surface area contributed by atoms with Gasteiger partial charge in [-0.1, -0.05) is 13.0 Å². The normalized spacial score (nSPS) is 12.8. The van der Waals surface area contributed by atoms with E-state index in [-0.39, 0.29) is 18.3 Å². The maximum Gasteiger partial charge on any atom is 0.416 e. The smallest absolute Gasteiger partial charge is 0.396 e. The molecule has 0 aliphatic rings. The second-order valence-corrected chi connectivity index (χ2v) is 4.29. The lowest BCUT2D eigenvalue weighted by Gasteiger charge is -2.16. The molecule has 3 N–H and O–H groups in total. The molecule has 0 bridgehead atoms. The molecular weight excluding hydrogens is 273 g/mol. The Labute approximate surface area is 115 Å². The summed E-state index contributed by atoms with van der Waals surface area (Å²) >= 11 is 0. The number of anilines is 1. The zero-order valence-electron chi connectivity index (χ0n) is 11.0. The molecule has 2 amide bonds. The Hall–Kier alpha value is -1.76. The average Bonchev–Trinajstić information content (AvgIpc) is 2.37. The van der Waals surface area contributed by atoms with Gasteiger partial charge in [0.2, 0.25) is 0 Å². The SMILES string of the molecule is CCC(CCO)NC(=O)Nc1cccc(C(F)(F)F)c1. The Balaban J connectivity index is 2.66. The number of rotatable bonds is 5. The van der Waals surface area contributed by atoms with Crippen molar-refractivity contribution in [2.75, 3.05) is 11.9 Å². The minimum atomic E-state index is -4.45. The predicted octanol–water partition coefficient (Wildman–Crippen LogP) is 2.99. The van der Waals surface area contributed by atoms with Crippen molar-refractivity contribution >= 4 is 11.7 Å². The molecule has 0 fully saturated rings. The highest BCUT2D eigenvalue weighted by Gasteiger charge is 2.30. The second kappa shape index (κ2) is 7.14. The van der Waals surface area contributed by atoms with Gasteiger partial charge in [-0.05, 0) is 31.0 Å². The van der Waals surface area contributed by atoms with Crippen LogP contribution in [0.2, 0.25) is 0 Å². The van der Waals surface area contributed by atoms with Crippen molar-refractivity contribution in [1.29, 1.82) is 0 Å². The summed E-state index contributed by atoms with van der Waals surface area (Å²) < 4.78 is 37.5. The lowest BCUT2D eigenvalue weighted by Crippen LogP contribution is -2.38. The zero-order valence-corrected chi connectivity index (χ0v) is 11.0. The number of carbonyl (C=O) groups is 1. The van der Waals surface area contributed by atoms with Gasteiger partial charge in [-0.2, -0.15) is 13.2 Å². The highest BCUT2D eigenvalue weighted by Crippen LogP contribution is 2.30. The van der Waals surface area contributed by atoms with Crippen LogP contribution >= 0.6 is 0 Å². The Morgan fingerprint density at radius 1 is 1.40 bits per heavy atom. The van der Waals surface area contributed by atoms with Gasteiger partial charge in [-0.25, -0.2) is 4.79 Å². The molecular formula is C13H17F3N2O2. The number of aliphatic hydroxyl groups is 1. The number of hydrogen-bond acceptors (Lipinski definition) is 2. The lowest BCUT2D eigenvalue weighted by molar-refractivity contribution is -0.137. The van der Waals surface area contributed by atoms with Crippen molar-refractivity contribution in [3.63, 3.8) is 0 Å². The van der Waals surface area contributed by atoms with Crippen molar-refractivity contribution in [3.8, 4) is 0 Å². The third-order valence-electron chi connectivity index (χ3n) is 2.75. The molecule has 4 nitrogen and oxygen atoms in total. The average molecular weight is 290 g/mol. The van der Waals surface area contributed by atoms with Crippen molar-refractivity contribution in [3.05, 3.63) is 29.8 Å². The summed E-state index contributed by atoms with van der Waals surface area (Å²) in [6, 6.07) is 3.59. The molecule has 20 heavy (non-hydrogen) atoms. The molecule has 0 aliphatic heterocycles. The summed E-state index contributed by atoms with van der Waals surface area (Å²) in [4.78, 5) is 11.6. The summed E-state index contributed by atoms with van der Waals surface area (Å²) in [6.07, 6.45) is -3.43. The monoisotopic (exact) mass is 290 g/mol. The Kier molecular flexibility index (Phi) is 5.82. The fourth-order valence-electron chi connectivity index (χ4n) is 1.66. The van der Waals surface area contributed by atoms with Crippen LogP contribution in [-0.4, -0.2) is 23.8 Å². The first kappa shape index (κ1) is 16.3. The van der Waals surface area contributed by atoms with Crippen LogP contribution < -0.4 is 10.6 Å². The Morgan fingerprint density at radius 3 is 2.65 bits per heavy atom. The van der Waals surface area contributed by atoms with Crippen LogP contribution in [0, 0.1) is 0 Å². The first-order valence-corrected chi connectivity index (χ1v) is 6.22. The van der Waals surface area contributed by atoms with Crippen LogP contribution in [0.1, 0.15) is 25.3 Å². The zero-order chi connectivity index (χ0) is 15.2. The summed E-state index contributed by atoms with van der Waals surface area (Å²) in [5.74, 6) is 0. The number of hydrogen-bond donors (Lipinski definition) is 3. The van der Waals surface area contributed by atoms with Crippen molar-refractivity contribution in [2.45, 2.75) is 32.0 Å². The molecule has 0 radical (unpaired) electrons. The number of amides is 2. The number of halogens is 3. The number of nitrogens with one attached hydrogen (secondary N) is 2. The molecule has 7 heteroatoms. The molecule has 1 aromatic rings. The standard InChI is InChI=1S/C13H17F3N2O2/c1-2-10(6-7-19)17-12(20)18-11-5-3-4-9(8-11)13(14,15)16/h3-5,8,10,19H,2,6-7H2,1H3,(H2,17,18,20). The fourth-order valence-corrected chi connectivity index (χ4v) is 1.66. The number of aliphatic hydroxyl groups excluding tert-OH is 1. The molecule has 1 rings (SSSR count). The first-order valence-electron chi connectivity index (χ1n) is 6.22. The van der Waals surface area contributed by atoms with Gasteiger partial charge in [0, 0.05) is 18.3 Å². The van der Waals surface area contributed by atoms with Gasteiger partial charge in [-0.15, -0.1) is 0 Å². The van der Waals surface area contributed by atoms with Crippen molar-refractivity contribution in [1.82, 2.24) is 5.32 Å². The first-order chi connectivity index (χ1) is 9.36. The van der Waals surface area contributed by atoms with Crippen LogP contribution in [0.4, 0.5) is 23.7 Å². The van der Waals surface area contributed by atoms with Gasteiger partial charge < -0.3 is 15.7 Å². The summed E-state index contributed by atoms with van der Waals surface area (Å²) in [7, 11) is 0. The number of alkyl halides is 3. The molecule has 0 spiro atoms. The molecule has 1 unspecified atom stereocenters. The van der Waals surface area contributed by atoms with Gasteiger partial charge in [0.25, 0.3) is 0 Å². The van der Waals surface area contributed by atoms with Gasteiger partial charge in [0.05, 0.1) is 5.56 Å². The quantitative estimate of drug-likeness (QED) is 0.780. The van der Waals surface area contributed by atoms with Crippen LogP contribution in [-0.2, 0) is 6.18 Å². The van der Waals surface area contributed by atoms with Crippen molar-refractivity contribution < 1.29 is 23.1 Å². The van der Waals surface area contributed by atoms with E-state index in [0.29, 0.717) is 12.8 Å². The van der Waals surface area contributed by atoms with E-state index in [2.05, 4.69) is 10.6 Å². The molecule has 0 heterocycles. The topological polar surface area (TPSA) is 61.4 Å². The molecule has 112 valence electrons. The summed E-state index contributed by atoms with van der Waals surface area (Å²) in [6.45, 7) is 1.77. The summed E-state index contributed by atoms with van der Waals surface area (Å²) in [5, 5.41) is 13.7. The van der Waals surface area contributed by atoms with Crippen LogP contribution in [0.15, 0.2) is 24.3 Å². The molecule has 1 aromatic carbocycles. The third kappa shape index (κ3) is 5.08. The molecule has 0 aromatic heterocycles. The Morgan fingerprint density at radius 2 is 2.10 bits per heavy atom. The molecule has 0 saturated heterocycles. The lowest BCUT2D eigenvalue weighted by atomic mass is 10.1. The van der Waals surface area contributed by atoms with Crippen LogP contribution in [0.5, 0.6) is 0 Å². The van der Waals surface area contributed by atoms with Gasteiger partial charge >= 0.3 is 12.2 Å². The fraction of sp³-hybridized carbons (Fsp3) is 0.462. The minimum absolute atomic E-state index is 0.0659. The minimum Gasteiger partial charge on any atom is -0.396 e. The maximum atomic E-state index is 12.5. The van der Waals surface area contributed by atoms with E-state index in [4.69, 9.17) is 5.11 Å². The number of benzene rings is 1. The molecule has 0 aliphatic carbocycles. The van der Waals surface area contributed by atoms with E-state index in [1.165, 1.54) is 12.1 Å². The third-order valence-corrected chi connectivity index (χ3v) is 2.75. The van der Waals surface area contributed by atoms with Crippen molar-refractivity contribution in [2.24, 2.45) is 0 Å². The van der Waals surface area contributed by atoms with E-state index < -0.39 is 17.8 Å².